The van der Waals surface area contributed by atoms with Crippen LogP contribution in [0.1, 0.15) is 39.1 Å². The van der Waals surface area contributed by atoms with E-state index in [0.717, 1.165) is 24.4 Å². The number of aliphatic hydroxyl groups is 2. The molecule has 0 aliphatic heterocycles. The maximum absolute atomic E-state index is 9.69. The summed E-state index contributed by atoms with van der Waals surface area (Å²) in [5.41, 5.74) is 1.24. The highest BCUT2D eigenvalue weighted by atomic mass is 35.5. The van der Waals surface area contributed by atoms with Crippen molar-refractivity contribution in [2.45, 2.75) is 47.1 Å². The maximum atomic E-state index is 9.69. The molecule has 110 valence electrons. The highest BCUT2D eigenvalue weighted by molar-refractivity contribution is 6.31. The van der Waals surface area contributed by atoms with Crippen molar-refractivity contribution < 1.29 is 10.2 Å². The van der Waals surface area contributed by atoms with Gasteiger partial charge in [0.2, 0.25) is 0 Å². The Morgan fingerprint density at radius 3 is 2.21 bits per heavy atom. The molecule has 0 fully saturated rings. The molecule has 4 nitrogen and oxygen atoms in total. The lowest BCUT2D eigenvalue weighted by atomic mass is 9.75. The first-order valence-electron chi connectivity index (χ1n) is 6.91. The van der Waals surface area contributed by atoms with E-state index >= 15 is 0 Å². The van der Waals surface area contributed by atoms with Crippen molar-refractivity contribution in [3.8, 4) is 0 Å². The van der Waals surface area contributed by atoms with Crippen molar-refractivity contribution in [1.82, 2.24) is 9.78 Å². The molecule has 19 heavy (non-hydrogen) atoms. The predicted molar refractivity (Wildman–Crippen MR) is 77.4 cm³/mol. The summed E-state index contributed by atoms with van der Waals surface area (Å²) < 4.78 is 1.88. The Morgan fingerprint density at radius 1 is 1.26 bits per heavy atom. The summed E-state index contributed by atoms with van der Waals surface area (Å²) in [6.07, 6.45) is 1.32. The van der Waals surface area contributed by atoms with Gasteiger partial charge in [0.05, 0.1) is 29.6 Å². The molecule has 0 aliphatic rings. The third kappa shape index (κ3) is 3.12. The quantitative estimate of drug-likeness (QED) is 0.809. The predicted octanol–water partition coefficient (Wildman–Crippen LogP) is 2.29. The standard InChI is InChI=1S/C14H25ClN2O2/c1-5-11-13(15)12(17(6-2)16-11)7-14(8-18,9-19)10(3)4/h10,18-19H,5-9H2,1-4H3. The van der Waals surface area contributed by atoms with Crippen LogP contribution < -0.4 is 0 Å². The average Bonchev–Trinajstić information content (AvgIpc) is 2.71. The monoisotopic (exact) mass is 288 g/mol. The van der Waals surface area contributed by atoms with Gasteiger partial charge in [-0.25, -0.2) is 0 Å². The molecule has 0 atom stereocenters. The Balaban J connectivity index is 3.19. The molecule has 5 heteroatoms. The molecule has 0 radical (unpaired) electrons. The van der Waals surface area contributed by atoms with E-state index in [2.05, 4.69) is 5.10 Å². The van der Waals surface area contributed by atoms with E-state index in [-0.39, 0.29) is 19.1 Å². The number of halogens is 1. The lowest BCUT2D eigenvalue weighted by Gasteiger charge is -2.34. The lowest BCUT2D eigenvalue weighted by Crippen LogP contribution is -2.38. The maximum Gasteiger partial charge on any atom is 0.0850 e. The van der Waals surface area contributed by atoms with Gasteiger partial charge in [-0.1, -0.05) is 32.4 Å². The molecular formula is C14H25ClN2O2. The van der Waals surface area contributed by atoms with Gasteiger partial charge in [-0.2, -0.15) is 5.10 Å². The summed E-state index contributed by atoms with van der Waals surface area (Å²) in [6.45, 7) is 8.66. The minimum atomic E-state index is -0.554. The average molecular weight is 289 g/mol. The van der Waals surface area contributed by atoms with Gasteiger partial charge in [-0.05, 0) is 19.3 Å². The van der Waals surface area contributed by atoms with E-state index in [1.54, 1.807) is 0 Å². The molecule has 0 unspecified atom stereocenters. The van der Waals surface area contributed by atoms with Crippen molar-refractivity contribution in [2.75, 3.05) is 13.2 Å². The Kier molecular flexibility index (Phi) is 5.83. The van der Waals surface area contributed by atoms with Gasteiger partial charge in [0.25, 0.3) is 0 Å². The van der Waals surface area contributed by atoms with Crippen LogP contribution in [0.2, 0.25) is 5.02 Å². The minimum absolute atomic E-state index is 0.0617. The first-order valence-corrected chi connectivity index (χ1v) is 7.29. The normalized spacial score (nSPS) is 12.4. The zero-order chi connectivity index (χ0) is 14.6. The van der Waals surface area contributed by atoms with E-state index in [4.69, 9.17) is 11.6 Å². The van der Waals surface area contributed by atoms with Gasteiger partial charge in [0, 0.05) is 18.4 Å². The summed E-state index contributed by atoms with van der Waals surface area (Å²) in [4.78, 5) is 0. The molecule has 0 bridgehead atoms. The fourth-order valence-electron chi connectivity index (χ4n) is 2.25. The number of nitrogens with zero attached hydrogens (tertiary/aromatic N) is 2. The van der Waals surface area contributed by atoms with Crippen LogP contribution in [0.15, 0.2) is 0 Å². The third-order valence-electron chi connectivity index (χ3n) is 4.07. The molecule has 1 aromatic heterocycles. The smallest absolute Gasteiger partial charge is 0.0850 e. The summed E-state index contributed by atoms with van der Waals surface area (Å²) in [5.74, 6) is 0.156. The van der Waals surface area contributed by atoms with Crippen LogP contribution in [-0.2, 0) is 19.4 Å². The lowest BCUT2D eigenvalue weighted by molar-refractivity contribution is 0.0148. The molecule has 0 aliphatic carbocycles. The zero-order valence-corrected chi connectivity index (χ0v) is 13.0. The molecular weight excluding hydrogens is 264 g/mol. The van der Waals surface area contributed by atoms with E-state index < -0.39 is 5.41 Å². The SMILES string of the molecule is CCc1nn(CC)c(CC(CO)(CO)C(C)C)c1Cl. The summed E-state index contributed by atoms with van der Waals surface area (Å²) in [5, 5.41) is 24.5. The first kappa shape index (κ1) is 16.5. The van der Waals surface area contributed by atoms with Crippen molar-refractivity contribution >= 4 is 11.6 Å². The van der Waals surface area contributed by atoms with Gasteiger partial charge in [-0.15, -0.1) is 0 Å². The van der Waals surface area contributed by atoms with E-state index in [9.17, 15) is 10.2 Å². The third-order valence-corrected chi connectivity index (χ3v) is 4.50. The second-order valence-electron chi connectivity index (χ2n) is 5.39. The number of hydrogen-bond donors (Lipinski definition) is 2. The van der Waals surface area contributed by atoms with Gasteiger partial charge in [0.15, 0.2) is 0 Å². The fourth-order valence-corrected chi connectivity index (χ4v) is 2.59. The Bertz CT molecular complexity index is 412. The van der Waals surface area contributed by atoms with Gasteiger partial charge >= 0.3 is 0 Å². The van der Waals surface area contributed by atoms with Crippen LogP contribution in [0.3, 0.4) is 0 Å². The molecule has 0 amide bonds. The molecule has 0 saturated heterocycles. The second-order valence-corrected chi connectivity index (χ2v) is 5.76. The van der Waals surface area contributed by atoms with Crippen LogP contribution in [0.5, 0.6) is 0 Å². The van der Waals surface area contributed by atoms with E-state index in [1.165, 1.54) is 0 Å². The van der Waals surface area contributed by atoms with Crippen LogP contribution in [-0.4, -0.2) is 33.2 Å². The van der Waals surface area contributed by atoms with Crippen molar-refractivity contribution in [3.05, 3.63) is 16.4 Å². The number of aromatic nitrogens is 2. The Hall–Kier alpha value is -0.580. The summed E-state index contributed by atoms with van der Waals surface area (Å²) >= 11 is 6.39. The van der Waals surface area contributed by atoms with Crippen LogP contribution in [0.25, 0.3) is 0 Å². The molecule has 0 spiro atoms. The molecule has 0 aromatic carbocycles. The van der Waals surface area contributed by atoms with Crippen LogP contribution in [0.4, 0.5) is 0 Å². The summed E-state index contributed by atoms with van der Waals surface area (Å²) in [6, 6.07) is 0. The molecule has 0 saturated carbocycles. The summed E-state index contributed by atoms with van der Waals surface area (Å²) in [7, 11) is 0. The van der Waals surface area contributed by atoms with Gasteiger partial charge < -0.3 is 10.2 Å². The topological polar surface area (TPSA) is 58.3 Å². The minimum Gasteiger partial charge on any atom is -0.396 e. The van der Waals surface area contributed by atoms with E-state index in [0.29, 0.717) is 11.4 Å². The highest BCUT2D eigenvalue weighted by Crippen LogP contribution is 2.34. The van der Waals surface area contributed by atoms with E-state index in [1.807, 2.05) is 32.4 Å². The van der Waals surface area contributed by atoms with Crippen molar-refractivity contribution in [2.24, 2.45) is 11.3 Å². The number of rotatable bonds is 7. The van der Waals surface area contributed by atoms with Crippen LogP contribution >= 0.6 is 11.6 Å². The Labute approximate surface area is 120 Å². The number of aliphatic hydroxyl groups excluding tert-OH is 2. The fraction of sp³-hybridized carbons (Fsp3) is 0.786. The van der Waals surface area contributed by atoms with Gasteiger partial charge in [-0.3, -0.25) is 4.68 Å². The Morgan fingerprint density at radius 2 is 1.84 bits per heavy atom. The molecule has 1 heterocycles. The number of aryl methyl sites for hydroxylation is 2. The zero-order valence-electron chi connectivity index (χ0n) is 12.3. The van der Waals surface area contributed by atoms with Gasteiger partial charge in [0.1, 0.15) is 0 Å². The second kappa shape index (κ2) is 6.73. The highest BCUT2D eigenvalue weighted by Gasteiger charge is 2.35. The molecule has 1 rings (SSSR count). The number of hydrogen-bond acceptors (Lipinski definition) is 3. The largest absolute Gasteiger partial charge is 0.396 e. The van der Waals surface area contributed by atoms with Crippen LogP contribution in [0, 0.1) is 11.3 Å². The van der Waals surface area contributed by atoms with Crippen molar-refractivity contribution in [1.29, 1.82) is 0 Å². The molecule has 2 N–H and O–H groups in total. The molecule has 1 aromatic rings. The van der Waals surface area contributed by atoms with Crippen molar-refractivity contribution in [3.63, 3.8) is 0 Å². The first-order chi connectivity index (χ1) is 8.95.